The number of nitro groups is 1. The third kappa shape index (κ3) is 6.01. The van der Waals surface area contributed by atoms with Crippen molar-refractivity contribution in [2.45, 2.75) is 19.3 Å². The lowest BCUT2D eigenvalue weighted by atomic mass is 10.1. The molecule has 0 N–H and O–H groups in total. The maximum Gasteiger partial charge on any atom is 0.293 e. The van der Waals surface area contributed by atoms with Gasteiger partial charge in [0.1, 0.15) is 11.4 Å². The molecule has 2 aromatic carbocycles. The fourth-order valence-corrected chi connectivity index (χ4v) is 5.10. The molecule has 0 spiro atoms. The monoisotopic (exact) mass is 519 g/mol. The van der Waals surface area contributed by atoms with Crippen molar-refractivity contribution >= 4 is 56.4 Å². The van der Waals surface area contributed by atoms with Gasteiger partial charge >= 0.3 is 0 Å². The smallest absolute Gasteiger partial charge is 0.293 e. The van der Waals surface area contributed by atoms with Crippen molar-refractivity contribution in [2.24, 2.45) is 0 Å². The van der Waals surface area contributed by atoms with Crippen LogP contribution in [0, 0.1) is 10.1 Å². The fourth-order valence-electron chi connectivity index (χ4n) is 4.08. The number of nitro benzene ring substituents is 1. The Morgan fingerprint density at radius 1 is 1.14 bits per heavy atom. The van der Waals surface area contributed by atoms with Gasteiger partial charge in [0.2, 0.25) is 0 Å². The van der Waals surface area contributed by atoms with E-state index in [4.69, 9.17) is 4.74 Å². The van der Waals surface area contributed by atoms with Crippen molar-refractivity contribution in [3.05, 3.63) is 52.1 Å². The van der Waals surface area contributed by atoms with Gasteiger partial charge in [-0.15, -0.1) is 12.4 Å². The quantitative estimate of drug-likeness (QED) is 0.311. The average molecular weight is 520 g/mol. The molecule has 11 heteroatoms. The zero-order chi connectivity index (χ0) is 24.2. The Bertz CT molecular complexity index is 1200. The van der Waals surface area contributed by atoms with Gasteiger partial charge in [0, 0.05) is 37.8 Å². The van der Waals surface area contributed by atoms with Crippen LogP contribution in [-0.4, -0.2) is 68.1 Å². The van der Waals surface area contributed by atoms with Crippen molar-refractivity contribution in [3.63, 3.8) is 0 Å². The molecule has 2 heterocycles. The number of piperidine rings is 1. The van der Waals surface area contributed by atoms with Crippen LogP contribution >= 0.6 is 23.7 Å². The molecule has 1 fully saturated rings. The molecule has 0 bridgehead atoms. The summed E-state index contributed by atoms with van der Waals surface area (Å²) in [5.74, 6) is 0.416. The second-order valence-electron chi connectivity index (χ2n) is 8.60. The van der Waals surface area contributed by atoms with Gasteiger partial charge < -0.3 is 14.5 Å². The number of halogens is 1. The molecule has 0 atom stereocenters. The first-order chi connectivity index (χ1) is 16.4. The Hall–Kier alpha value is -2.95. The number of benzene rings is 2. The number of carbonyl (C=O) groups is 1. The number of rotatable bonds is 8. The highest BCUT2D eigenvalue weighted by molar-refractivity contribution is 7.22. The van der Waals surface area contributed by atoms with Crippen LogP contribution in [0.1, 0.15) is 29.6 Å². The standard InChI is InChI=1S/C24H29N5O4S.ClH/c1-26(2)13-14-28(24-25-19-9-8-18(33-3)16-22(19)34-24)23(30)17-7-10-20(21(15-17)29(31)32)27-11-5-4-6-12-27;/h7-10,15-16H,4-6,11-14H2,1-3H3;1H. The van der Waals surface area contributed by atoms with E-state index in [1.165, 1.54) is 17.4 Å². The van der Waals surface area contributed by atoms with Crippen LogP contribution in [0.25, 0.3) is 10.2 Å². The molecule has 1 saturated heterocycles. The molecule has 1 aliphatic rings. The minimum Gasteiger partial charge on any atom is -0.497 e. The number of hydrogen-bond donors (Lipinski definition) is 0. The molecule has 3 aromatic rings. The van der Waals surface area contributed by atoms with Crippen molar-refractivity contribution in [1.29, 1.82) is 0 Å². The molecule has 0 aliphatic carbocycles. The first kappa shape index (κ1) is 26.7. The molecule has 9 nitrogen and oxygen atoms in total. The normalized spacial score (nSPS) is 13.5. The minimum atomic E-state index is -0.394. The minimum absolute atomic E-state index is 0. The Labute approximate surface area is 214 Å². The van der Waals surface area contributed by atoms with E-state index in [2.05, 4.69) is 4.98 Å². The number of aromatic nitrogens is 1. The van der Waals surface area contributed by atoms with Crippen LogP contribution in [0.15, 0.2) is 36.4 Å². The van der Waals surface area contributed by atoms with Crippen LogP contribution < -0.4 is 14.5 Å². The summed E-state index contributed by atoms with van der Waals surface area (Å²) in [5, 5.41) is 12.5. The van der Waals surface area contributed by atoms with E-state index in [0.717, 1.165) is 48.3 Å². The topological polar surface area (TPSA) is 92.1 Å². The summed E-state index contributed by atoms with van der Waals surface area (Å²) >= 11 is 1.40. The number of thiazole rings is 1. The number of anilines is 2. The van der Waals surface area contributed by atoms with Crippen molar-refractivity contribution < 1.29 is 14.5 Å². The Balaban J connectivity index is 0.00000342. The van der Waals surface area contributed by atoms with E-state index < -0.39 is 4.92 Å². The largest absolute Gasteiger partial charge is 0.497 e. The number of hydrogen-bond acceptors (Lipinski definition) is 8. The second-order valence-corrected chi connectivity index (χ2v) is 9.61. The zero-order valence-electron chi connectivity index (χ0n) is 20.1. The Kier molecular flexibility index (Phi) is 8.87. The maximum absolute atomic E-state index is 13.6. The van der Waals surface area contributed by atoms with Gasteiger partial charge in [-0.3, -0.25) is 19.8 Å². The molecule has 1 aliphatic heterocycles. The van der Waals surface area contributed by atoms with Crippen LogP contribution in [0.2, 0.25) is 0 Å². The van der Waals surface area contributed by atoms with Gasteiger partial charge in [0.15, 0.2) is 5.13 Å². The number of nitrogens with zero attached hydrogens (tertiary/aromatic N) is 5. The summed E-state index contributed by atoms with van der Waals surface area (Å²) in [5.41, 5.74) is 1.60. The summed E-state index contributed by atoms with van der Waals surface area (Å²) in [6.07, 6.45) is 3.16. The van der Waals surface area contributed by atoms with Crippen molar-refractivity contribution in [3.8, 4) is 5.75 Å². The van der Waals surface area contributed by atoms with Gasteiger partial charge in [-0.2, -0.15) is 0 Å². The van der Waals surface area contributed by atoms with Crippen LogP contribution in [0.4, 0.5) is 16.5 Å². The maximum atomic E-state index is 13.6. The number of carbonyl (C=O) groups excluding carboxylic acids is 1. The Morgan fingerprint density at radius 3 is 2.54 bits per heavy atom. The summed E-state index contributed by atoms with van der Waals surface area (Å²) in [6, 6.07) is 10.4. The molecule has 1 aromatic heterocycles. The first-order valence-electron chi connectivity index (χ1n) is 11.3. The molecule has 0 unspecified atom stereocenters. The molecular weight excluding hydrogens is 490 g/mol. The highest BCUT2D eigenvalue weighted by Gasteiger charge is 2.27. The lowest BCUT2D eigenvalue weighted by molar-refractivity contribution is -0.384. The molecule has 4 rings (SSSR count). The molecule has 188 valence electrons. The fraction of sp³-hybridized carbons (Fsp3) is 0.417. The number of ether oxygens (including phenoxy) is 1. The van der Waals surface area contributed by atoms with Gasteiger partial charge in [-0.25, -0.2) is 4.98 Å². The average Bonchev–Trinajstić information content (AvgIpc) is 3.26. The third-order valence-corrected chi connectivity index (χ3v) is 6.99. The van der Waals surface area contributed by atoms with Crippen LogP contribution in [-0.2, 0) is 0 Å². The van der Waals surface area contributed by atoms with Gasteiger partial charge in [-0.05, 0) is 63.7 Å². The predicted molar refractivity (Wildman–Crippen MR) is 143 cm³/mol. The third-order valence-electron chi connectivity index (χ3n) is 5.95. The van der Waals surface area contributed by atoms with Crippen molar-refractivity contribution in [1.82, 2.24) is 9.88 Å². The first-order valence-corrected chi connectivity index (χ1v) is 12.1. The summed E-state index contributed by atoms with van der Waals surface area (Å²) in [6.45, 7) is 2.61. The Morgan fingerprint density at radius 2 is 1.89 bits per heavy atom. The van der Waals surface area contributed by atoms with Gasteiger partial charge in [0.05, 0.1) is 22.2 Å². The van der Waals surface area contributed by atoms with E-state index in [1.54, 1.807) is 24.1 Å². The summed E-state index contributed by atoms with van der Waals surface area (Å²) in [4.78, 5) is 35.4. The summed E-state index contributed by atoms with van der Waals surface area (Å²) < 4.78 is 6.21. The van der Waals surface area contributed by atoms with Gasteiger partial charge in [-0.1, -0.05) is 11.3 Å². The molecule has 0 radical (unpaired) electrons. The van der Waals surface area contributed by atoms with E-state index in [-0.39, 0.29) is 29.6 Å². The number of likely N-dealkylation sites (N-methyl/N-ethyl adjacent to an activating group) is 1. The van der Waals surface area contributed by atoms with Crippen LogP contribution in [0.5, 0.6) is 5.75 Å². The predicted octanol–water partition coefficient (Wildman–Crippen LogP) is 4.83. The van der Waals surface area contributed by atoms with Crippen LogP contribution in [0.3, 0.4) is 0 Å². The SMILES string of the molecule is COc1ccc2nc(N(CCN(C)C)C(=O)c3ccc(N4CCCCC4)c([N+](=O)[O-])c3)sc2c1.Cl. The molecule has 1 amide bonds. The number of fused-ring (bicyclic) bond motifs is 1. The van der Waals surface area contributed by atoms with E-state index >= 15 is 0 Å². The van der Waals surface area contributed by atoms with Crippen molar-refractivity contribution in [2.75, 3.05) is 57.2 Å². The molecular formula is C24H30ClN5O4S. The van der Waals surface area contributed by atoms with E-state index in [9.17, 15) is 14.9 Å². The zero-order valence-corrected chi connectivity index (χ0v) is 21.7. The second kappa shape index (κ2) is 11.7. The molecule has 0 saturated carbocycles. The van der Waals surface area contributed by atoms with E-state index in [1.807, 2.05) is 42.1 Å². The van der Waals surface area contributed by atoms with Gasteiger partial charge in [0.25, 0.3) is 11.6 Å². The highest BCUT2D eigenvalue weighted by atomic mass is 35.5. The molecule has 35 heavy (non-hydrogen) atoms. The van der Waals surface area contributed by atoms with E-state index in [0.29, 0.717) is 23.9 Å². The highest BCUT2D eigenvalue weighted by Crippen LogP contribution is 2.34. The number of methoxy groups -OCH3 is 1. The lowest BCUT2D eigenvalue weighted by Gasteiger charge is -2.28. The number of amides is 1. The summed E-state index contributed by atoms with van der Waals surface area (Å²) in [7, 11) is 5.48. The lowest BCUT2D eigenvalue weighted by Crippen LogP contribution is -2.37.